The quantitative estimate of drug-likeness (QED) is 0.551. The second-order valence-corrected chi connectivity index (χ2v) is 1.96. The molecule has 0 saturated carbocycles. The molecule has 0 aliphatic rings. The van der Waals surface area contributed by atoms with Gasteiger partial charge in [0, 0.05) is 14.2 Å². The van der Waals surface area contributed by atoms with Crippen LogP contribution in [0.25, 0.3) is 0 Å². The van der Waals surface area contributed by atoms with Gasteiger partial charge in [-0.2, -0.15) is 0 Å². The van der Waals surface area contributed by atoms with Crippen LogP contribution in [0.1, 0.15) is 0 Å². The van der Waals surface area contributed by atoms with Gasteiger partial charge in [0.15, 0.2) is 5.78 Å². The predicted molar refractivity (Wildman–Crippen MR) is 36.7 cm³/mol. The Bertz CT molecular complexity index is 105. The number of hydrogen-bond donors (Lipinski definition) is 1. The molecule has 0 aromatic carbocycles. The number of nitrogens with two attached hydrogens (primary N) is 1. The van der Waals surface area contributed by atoms with Gasteiger partial charge in [-0.25, -0.2) is 0 Å². The standard InChI is InChI=1S/C6H13NO3/c1-9-3-5(7)6(8)4-10-2/h5H,3-4,7H2,1-2H3. The minimum Gasteiger partial charge on any atom is -0.383 e. The third-order valence-electron chi connectivity index (χ3n) is 1.05. The van der Waals surface area contributed by atoms with E-state index < -0.39 is 6.04 Å². The van der Waals surface area contributed by atoms with Gasteiger partial charge in [0.2, 0.25) is 0 Å². The van der Waals surface area contributed by atoms with Crippen molar-refractivity contribution in [2.75, 3.05) is 27.4 Å². The maximum absolute atomic E-state index is 10.8. The molecule has 0 aromatic heterocycles. The summed E-state index contributed by atoms with van der Waals surface area (Å²) in [5, 5.41) is 0. The van der Waals surface area contributed by atoms with E-state index in [0.717, 1.165) is 0 Å². The largest absolute Gasteiger partial charge is 0.383 e. The van der Waals surface area contributed by atoms with Crippen LogP contribution >= 0.6 is 0 Å². The van der Waals surface area contributed by atoms with Crippen LogP contribution in [0.2, 0.25) is 0 Å². The van der Waals surface area contributed by atoms with Crippen LogP contribution < -0.4 is 5.73 Å². The second kappa shape index (κ2) is 5.34. The van der Waals surface area contributed by atoms with E-state index in [4.69, 9.17) is 5.73 Å². The van der Waals surface area contributed by atoms with Gasteiger partial charge in [0.1, 0.15) is 6.61 Å². The van der Waals surface area contributed by atoms with Crippen molar-refractivity contribution in [3.8, 4) is 0 Å². The number of ether oxygens (including phenoxy) is 2. The van der Waals surface area contributed by atoms with E-state index in [9.17, 15) is 4.79 Å². The van der Waals surface area contributed by atoms with Crippen LogP contribution in [0.15, 0.2) is 0 Å². The van der Waals surface area contributed by atoms with E-state index in [0.29, 0.717) is 0 Å². The van der Waals surface area contributed by atoms with Crippen LogP contribution in [0.3, 0.4) is 0 Å². The normalized spacial score (nSPS) is 13.1. The fraction of sp³-hybridized carbons (Fsp3) is 0.833. The minimum atomic E-state index is -0.551. The Balaban J connectivity index is 3.49. The first-order valence-corrected chi connectivity index (χ1v) is 2.98. The second-order valence-electron chi connectivity index (χ2n) is 1.96. The molecule has 1 unspecified atom stereocenters. The zero-order valence-electron chi connectivity index (χ0n) is 6.29. The lowest BCUT2D eigenvalue weighted by atomic mass is 10.2. The van der Waals surface area contributed by atoms with Gasteiger partial charge in [-0.3, -0.25) is 4.79 Å². The molecular formula is C6H13NO3. The molecular weight excluding hydrogens is 134 g/mol. The molecule has 0 aliphatic heterocycles. The van der Waals surface area contributed by atoms with Gasteiger partial charge < -0.3 is 15.2 Å². The van der Waals surface area contributed by atoms with Crippen LogP contribution in [-0.4, -0.2) is 39.3 Å². The summed E-state index contributed by atoms with van der Waals surface area (Å²) < 4.78 is 9.26. The summed E-state index contributed by atoms with van der Waals surface area (Å²) in [7, 11) is 2.96. The van der Waals surface area contributed by atoms with Crippen molar-refractivity contribution in [3.63, 3.8) is 0 Å². The highest BCUT2D eigenvalue weighted by molar-refractivity contribution is 5.85. The smallest absolute Gasteiger partial charge is 0.177 e. The number of carbonyl (C=O) groups is 1. The molecule has 0 aromatic rings. The monoisotopic (exact) mass is 147 g/mol. The highest BCUT2D eigenvalue weighted by atomic mass is 16.5. The van der Waals surface area contributed by atoms with Gasteiger partial charge >= 0.3 is 0 Å². The Morgan fingerprint density at radius 3 is 2.50 bits per heavy atom. The number of carbonyl (C=O) groups excluding carboxylic acids is 1. The maximum Gasteiger partial charge on any atom is 0.177 e. The lowest BCUT2D eigenvalue weighted by Gasteiger charge is -2.07. The molecule has 0 spiro atoms. The zero-order valence-corrected chi connectivity index (χ0v) is 6.29. The molecule has 2 N–H and O–H groups in total. The topological polar surface area (TPSA) is 61.5 Å². The molecule has 60 valence electrons. The number of methoxy groups -OCH3 is 2. The van der Waals surface area contributed by atoms with Crippen molar-refractivity contribution >= 4 is 5.78 Å². The van der Waals surface area contributed by atoms with Crippen molar-refractivity contribution in [2.24, 2.45) is 5.73 Å². The van der Waals surface area contributed by atoms with Crippen molar-refractivity contribution in [2.45, 2.75) is 6.04 Å². The first-order valence-electron chi connectivity index (χ1n) is 2.98. The maximum atomic E-state index is 10.8. The third-order valence-corrected chi connectivity index (χ3v) is 1.05. The molecule has 10 heavy (non-hydrogen) atoms. The molecule has 1 atom stereocenters. The third kappa shape index (κ3) is 3.55. The Hall–Kier alpha value is -0.450. The van der Waals surface area contributed by atoms with E-state index >= 15 is 0 Å². The Morgan fingerprint density at radius 2 is 2.10 bits per heavy atom. The number of rotatable bonds is 5. The summed E-state index contributed by atoms with van der Waals surface area (Å²) in [5.74, 6) is -0.135. The van der Waals surface area contributed by atoms with E-state index in [1.165, 1.54) is 14.2 Å². The Kier molecular flexibility index (Phi) is 5.10. The summed E-state index contributed by atoms with van der Waals surface area (Å²) in [6.45, 7) is 0.312. The molecule has 0 fully saturated rings. The molecule has 0 bridgehead atoms. The number of Topliss-reactive ketones (excluding diaryl/α,β-unsaturated/α-hetero) is 1. The first-order chi connectivity index (χ1) is 4.72. The molecule has 0 rings (SSSR count). The Morgan fingerprint density at radius 1 is 1.50 bits per heavy atom. The summed E-state index contributed by atoms with van der Waals surface area (Å²) >= 11 is 0. The molecule has 0 saturated heterocycles. The van der Waals surface area contributed by atoms with E-state index in [1.807, 2.05) is 0 Å². The molecule has 0 heterocycles. The lowest BCUT2D eigenvalue weighted by molar-refractivity contribution is -0.124. The molecule has 0 radical (unpaired) electrons. The van der Waals surface area contributed by atoms with Crippen molar-refractivity contribution in [1.82, 2.24) is 0 Å². The number of hydrogen-bond acceptors (Lipinski definition) is 4. The SMILES string of the molecule is COCC(=O)C(N)COC. The van der Waals surface area contributed by atoms with Crippen molar-refractivity contribution in [1.29, 1.82) is 0 Å². The van der Waals surface area contributed by atoms with Gasteiger partial charge in [-0.05, 0) is 0 Å². The Labute approximate surface area is 60.3 Å². The summed E-state index contributed by atoms with van der Waals surface area (Å²) in [4.78, 5) is 10.8. The van der Waals surface area contributed by atoms with E-state index in [2.05, 4.69) is 9.47 Å². The fourth-order valence-corrected chi connectivity index (χ4v) is 0.522. The van der Waals surface area contributed by atoms with Crippen molar-refractivity contribution in [3.05, 3.63) is 0 Å². The average molecular weight is 147 g/mol. The van der Waals surface area contributed by atoms with Crippen LogP contribution in [0.5, 0.6) is 0 Å². The zero-order chi connectivity index (χ0) is 7.98. The molecule has 0 amide bonds. The summed E-state index contributed by atoms with van der Waals surface area (Å²) in [6.07, 6.45) is 0. The predicted octanol–water partition coefficient (Wildman–Crippen LogP) is -0.824. The van der Waals surface area contributed by atoms with Gasteiger partial charge in [-0.15, -0.1) is 0 Å². The fourth-order valence-electron chi connectivity index (χ4n) is 0.522. The van der Waals surface area contributed by atoms with Crippen LogP contribution in [0, 0.1) is 0 Å². The molecule has 0 aliphatic carbocycles. The average Bonchev–Trinajstić information content (AvgIpc) is 1.89. The van der Waals surface area contributed by atoms with Crippen LogP contribution in [-0.2, 0) is 14.3 Å². The molecule has 4 heteroatoms. The molecule has 4 nitrogen and oxygen atoms in total. The van der Waals surface area contributed by atoms with Gasteiger partial charge in [0.25, 0.3) is 0 Å². The lowest BCUT2D eigenvalue weighted by Crippen LogP contribution is -2.37. The van der Waals surface area contributed by atoms with Gasteiger partial charge in [-0.1, -0.05) is 0 Å². The highest BCUT2D eigenvalue weighted by Gasteiger charge is 2.11. The van der Waals surface area contributed by atoms with E-state index in [-0.39, 0.29) is 19.0 Å². The van der Waals surface area contributed by atoms with Crippen molar-refractivity contribution < 1.29 is 14.3 Å². The number of ketones is 1. The van der Waals surface area contributed by atoms with Crippen LogP contribution in [0.4, 0.5) is 0 Å². The van der Waals surface area contributed by atoms with Gasteiger partial charge in [0.05, 0.1) is 12.6 Å². The minimum absolute atomic E-state index is 0.0600. The summed E-state index contributed by atoms with van der Waals surface area (Å²) in [5.41, 5.74) is 5.36. The first kappa shape index (κ1) is 9.55. The van der Waals surface area contributed by atoms with E-state index in [1.54, 1.807) is 0 Å². The summed E-state index contributed by atoms with van der Waals surface area (Å²) in [6, 6.07) is -0.551. The highest BCUT2D eigenvalue weighted by Crippen LogP contribution is 1.83.